The van der Waals surface area contributed by atoms with Gasteiger partial charge >= 0.3 is 6.03 Å². The van der Waals surface area contributed by atoms with E-state index in [2.05, 4.69) is 16.0 Å². The highest BCUT2D eigenvalue weighted by Crippen LogP contribution is 2.23. The van der Waals surface area contributed by atoms with Gasteiger partial charge in [0.25, 0.3) is 5.91 Å². The minimum atomic E-state index is -0.708. The molecule has 3 N–H and O–H groups in total. The highest BCUT2D eigenvalue weighted by atomic mass is 35.5. The second-order valence-electron chi connectivity index (χ2n) is 8.77. The van der Waals surface area contributed by atoms with Crippen molar-refractivity contribution in [2.45, 2.75) is 45.2 Å². The summed E-state index contributed by atoms with van der Waals surface area (Å²) in [6.45, 7) is 4.87. The molecule has 2 aromatic carbocycles. The second kappa shape index (κ2) is 12.4. The molecule has 8 nitrogen and oxygen atoms in total. The second-order valence-corrected chi connectivity index (χ2v) is 9.20. The molecule has 2 aromatic rings. The molecule has 1 aliphatic rings. The van der Waals surface area contributed by atoms with Crippen LogP contribution >= 0.6 is 11.6 Å². The summed E-state index contributed by atoms with van der Waals surface area (Å²) in [7, 11) is 1.54. The van der Waals surface area contributed by atoms with Crippen molar-refractivity contribution in [1.82, 2.24) is 15.5 Å². The van der Waals surface area contributed by atoms with Crippen LogP contribution < -0.4 is 20.7 Å². The fourth-order valence-electron chi connectivity index (χ4n) is 4.03. The molecule has 0 aliphatic carbocycles. The molecule has 0 radical (unpaired) electrons. The van der Waals surface area contributed by atoms with Gasteiger partial charge in [-0.1, -0.05) is 30.7 Å². The van der Waals surface area contributed by atoms with E-state index in [9.17, 15) is 14.4 Å². The summed E-state index contributed by atoms with van der Waals surface area (Å²) < 4.78 is 5.21. The molecule has 0 spiro atoms. The minimum absolute atomic E-state index is 0.0118. The number of hydrogen-bond acceptors (Lipinski definition) is 4. The Kier molecular flexibility index (Phi) is 9.37. The van der Waals surface area contributed by atoms with Crippen LogP contribution in [0.1, 0.15) is 43.5 Å². The number of likely N-dealkylation sites (tertiary alicyclic amines) is 1. The Balaban J connectivity index is 1.67. The first-order valence-corrected chi connectivity index (χ1v) is 12.2. The van der Waals surface area contributed by atoms with Crippen LogP contribution in [-0.2, 0) is 4.79 Å². The Hall–Kier alpha value is -3.26. The average Bonchev–Trinajstić information content (AvgIpc) is 2.87. The van der Waals surface area contributed by atoms with Gasteiger partial charge < -0.3 is 25.6 Å². The van der Waals surface area contributed by atoms with Gasteiger partial charge in [-0.25, -0.2) is 4.79 Å². The van der Waals surface area contributed by atoms with Crippen molar-refractivity contribution < 1.29 is 19.1 Å². The molecule has 0 unspecified atom stereocenters. The van der Waals surface area contributed by atoms with Gasteiger partial charge in [-0.3, -0.25) is 9.59 Å². The number of amides is 4. The number of nitrogens with one attached hydrogen (secondary N) is 3. The number of ether oxygens (including phenoxy) is 1. The molecule has 4 amide bonds. The lowest BCUT2D eigenvalue weighted by Crippen LogP contribution is -2.55. The smallest absolute Gasteiger partial charge is 0.321 e. The van der Waals surface area contributed by atoms with E-state index >= 15 is 0 Å². The molecule has 0 saturated carbocycles. The van der Waals surface area contributed by atoms with Gasteiger partial charge in [-0.2, -0.15) is 0 Å². The molecule has 1 fully saturated rings. The zero-order valence-corrected chi connectivity index (χ0v) is 21.1. The number of benzene rings is 2. The molecule has 1 heterocycles. The quantitative estimate of drug-likeness (QED) is 0.503. The largest absolute Gasteiger partial charge is 0.497 e. The third-order valence-corrected chi connectivity index (χ3v) is 6.51. The highest BCUT2D eigenvalue weighted by molar-refractivity contribution is 6.30. The van der Waals surface area contributed by atoms with Crippen LogP contribution in [0, 0.1) is 5.92 Å². The van der Waals surface area contributed by atoms with Crippen LogP contribution in [0.5, 0.6) is 5.75 Å². The number of rotatable bonds is 8. The van der Waals surface area contributed by atoms with Gasteiger partial charge in [0.05, 0.1) is 7.11 Å². The SMILES string of the molecule is CC[C@@H](C)NC(=O)[C@H](NC(=O)c1cccc(OC)c1)C1CCN(C(=O)Nc2cccc(Cl)c2)CC1. The maximum Gasteiger partial charge on any atom is 0.321 e. The van der Waals surface area contributed by atoms with Gasteiger partial charge in [-0.05, 0) is 68.5 Å². The topological polar surface area (TPSA) is 99.8 Å². The van der Waals surface area contributed by atoms with E-state index in [0.717, 1.165) is 6.42 Å². The van der Waals surface area contributed by atoms with E-state index in [1.165, 1.54) is 7.11 Å². The van der Waals surface area contributed by atoms with Crippen LogP contribution in [0.25, 0.3) is 0 Å². The number of carbonyl (C=O) groups is 3. The Morgan fingerprint density at radius 2 is 1.80 bits per heavy atom. The molecule has 35 heavy (non-hydrogen) atoms. The first-order valence-electron chi connectivity index (χ1n) is 11.9. The number of hydrogen-bond donors (Lipinski definition) is 3. The van der Waals surface area contributed by atoms with Crippen LogP contribution in [0.2, 0.25) is 5.02 Å². The summed E-state index contributed by atoms with van der Waals surface area (Å²) in [5.74, 6) is -0.0899. The molecule has 1 saturated heterocycles. The predicted molar refractivity (Wildman–Crippen MR) is 137 cm³/mol. The van der Waals surface area contributed by atoms with E-state index in [0.29, 0.717) is 48.0 Å². The summed E-state index contributed by atoms with van der Waals surface area (Å²) in [5, 5.41) is 9.33. The molecule has 9 heteroatoms. The molecule has 188 valence electrons. The summed E-state index contributed by atoms with van der Waals surface area (Å²) in [5.41, 5.74) is 1.05. The van der Waals surface area contributed by atoms with Crippen LogP contribution in [-0.4, -0.2) is 55.0 Å². The first-order chi connectivity index (χ1) is 16.8. The lowest BCUT2D eigenvalue weighted by Gasteiger charge is -2.36. The fourth-order valence-corrected chi connectivity index (χ4v) is 4.22. The maximum atomic E-state index is 13.1. The zero-order chi connectivity index (χ0) is 25.4. The normalized spacial score (nSPS) is 15.6. The van der Waals surface area contributed by atoms with Gasteiger partial charge in [0.1, 0.15) is 11.8 Å². The number of piperidine rings is 1. The Morgan fingerprint density at radius 1 is 1.09 bits per heavy atom. The van der Waals surface area contributed by atoms with Crippen molar-refractivity contribution in [1.29, 1.82) is 0 Å². The molecular formula is C26H33ClN4O4. The minimum Gasteiger partial charge on any atom is -0.497 e. The molecule has 0 aromatic heterocycles. The van der Waals surface area contributed by atoms with Crippen molar-refractivity contribution in [2.75, 3.05) is 25.5 Å². The number of urea groups is 1. The van der Waals surface area contributed by atoms with Crippen molar-refractivity contribution in [2.24, 2.45) is 5.92 Å². The monoisotopic (exact) mass is 500 g/mol. The lowest BCUT2D eigenvalue weighted by molar-refractivity contribution is -0.125. The number of anilines is 1. The molecule has 1 aliphatic heterocycles. The van der Waals surface area contributed by atoms with Crippen molar-refractivity contribution >= 4 is 35.1 Å². The van der Waals surface area contributed by atoms with E-state index in [4.69, 9.17) is 16.3 Å². The van der Waals surface area contributed by atoms with E-state index in [-0.39, 0.29) is 29.8 Å². The molecule has 2 atom stereocenters. The number of methoxy groups -OCH3 is 1. The predicted octanol–water partition coefficient (Wildman–Crippen LogP) is 4.31. The van der Waals surface area contributed by atoms with Crippen LogP contribution in [0.3, 0.4) is 0 Å². The van der Waals surface area contributed by atoms with Crippen LogP contribution in [0.15, 0.2) is 48.5 Å². The summed E-state index contributed by atoms with van der Waals surface area (Å²) >= 11 is 6.00. The third kappa shape index (κ3) is 7.36. The van der Waals surface area contributed by atoms with Crippen molar-refractivity contribution in [3.05, 3.63) is 59.1 Å². The molecule has 0 bridgehead atoms. The summed E-state index contributed by atoms with van der Waals surface area (Å²) in [6.07, 6.45) is 1.95. The van der Waals surface area contributed by atoms with Gasteiger partial charge in [0, 0.05) is 35.4 Å². The Morgan fingerprint density at radius 3 is 2.46 bits per heavy atom. The fraction of sp³-hybridized carbons (Fsp3) is 0.423. The average molecular weight is 501 g/mol. The first kappa shape index (κ1) is 26.3. The van der Waals surface area contributed by atoms with Crippen molar-refractivity contribution in [3.63, 3.8) is 0 Å². The van der Waals surface area contributed by atoms with Gasteiger partial charge in [0.2, 0.25) is 5.91 Å². The van der Waals surface area contributed by atoms with E-state index in [1.807, 2.05) is 13.8 Å². The standard InChI is InChI=1S/C26H33ClN4O4/c1-4-17(2)28-25(33)23(30-24(32)19-7-5-10-22(15-19)35-3)18-11-13-31(14-12-18)26(34)29-21-9-6-8-20(27)16-21/h5-10,15-18,23H,4,11-14H2,1-3H3,(H,28,33)(H,29,34)(H,30,32)/t17-,23-/m1/s1. The molecule has 3 rings (SSSR count). The van der Waals surface area contributed by atoms with Gasteiger partial charge in [-0.15, -0.1) is 0 Å². The van der Waals surface area contributed by atoms with Crippen LogP contribution in [0.4, 0.5) is 10.5 Å². The summed E-state index contributed by atoms with van der Waals surface area (Å²) in [4.78, 5) is 40.6. The zero-order valence-electron chi connectivity index (χ0n) is 20.3. The van der Waals surface area contributed by atoms with E-state index < -0.39 is 6.04 Å². The lowest BCUT2D eigenvalue weighted by atomic mass is 9.88. The Labute approximate surface area is 211 Å². The third-order valence-electron chi connectivity index (χ3n) is 6.28. The number of carbonyl (C=O) groups excluding carboxylic acids is 3. The summed E-state index contributed by atoms with van der Waals surface area (Å²) in [6, 6.07) is 12.9. The number of halogens is 1. The molecular weight excluding hydrogens is 468 g/mol. The van der Waals surface area contributed by atoms with Crippen molar-refractivity contribution in [3.8, 4) is 5.75 Å². The maximum absolute atomic E-state index is 13.1. The van der Waals surface area contributed by atoms with E-state index in [1.54, 1.807) is 53.4 Å². The number of nitrogens with zero attached hydrogens (tertiary/aromatic N) is 1. The Bertz CT molecular complexity index is 1040. The van der Waals surface area contributed by atoms with Gasteiger partial charge in [0.15, 0.2) is 0 Å². The highest BCUT2D eigenvalue weighted by Gasteiger charge is 2.34.